The van der Waals surface area contributed by atoms with Crippen LogP contribution >= 0.6 is 11.6 Å². The van der Waals surface area contributed by atoms with Gasteiger partial charge in [-0.25, -0.2) is 0 Å². The number of benzene rings is 4. The molecule has 38 heavy (non-hydrogen) atoms. The number of ether oxygens (including phenoxy) is 1. The molecule has 5 rings (SSSR count). The van der Waals surface area contributed by atoms with Crippen LogP contribution in [0.2, 0.25) is 5.02 Å². The fourth-order valence-corrected chi connectivity index (χ4v) is 4.57. The van der Waals surface area contributed by atoms with Gasteiger partial charge in [0.1, 0.15) is 12.4 Å². The second-order valence-electron chi connectivity index (χ2n) is 9.06. The van der Waals surface area contributed by atoms with Gasteiger partial charge in [-0.1, -0.05) is 60.1 Å². The van der Waals surface area contributed by atoms with Crippen LogP contribution in [0, 0.1) is 0 Å². The van der Waals surface area contributed by atoms with Gasteiger partial charge in [0.2, 0.25) is 0 Å². The zero-order chi connectivity index (χ0) is 26.3. The topological polar surface area (TPSA) is 61.9 Å². The zero-order valence-electron chi connectivity index (χ0n) is 20.8. The van der Waals surface area contributed by atoms with E-state index in [-0.39, 0.29) is 11.8 Å². The van der Waals surface area contributed by atoms with Crippen LogP contribution < -0.4 is 15.0 Å². The monoisotopic (exact) mass is 525 g/mol. The molecule has 6 nitrogen and oxygen atoms in total. The first-order valence-electron chi connectivity index (χ1n) is 12.5. The number of amides is 2. The molecular formula is C31H28ClN3O3. The second-order valence-corrected chi connectivity index (χ2v) is 9.50. The van der Waals surface area contributed by atoms with Gasteiger partial charge < -0.3 is 19.9 Å². The molecule has 0 atom stereocenters. The van der Waals surface area contributed by atoms with E-state index < -0.39 is 0 Å². The Morgan fingerprint density at radius 3 is 2.24 bits per heavy atom. The van der Waals surface area contributed by atoms with Crippen LogP contribution in [-0.2, 0) is 6.61 Å². The van der Waals surface area contributed by atoms with E-state index in [1.54, 1.807) is 36.4 Å². The number of para-hydroxylation sites is 2. The SMILES string of the molecule is O=C(Nc1ccccc1N1CCN(C(=O)c2ccc(Cl)cc2)CC1)c1cccc(OCc2ccccc2)c1. The zero-order valence-corrected chi connectivity index (χ0v) is 21.6. The molecular weight excluding hydrogens is 498 g/mol. The van der Waals surface area contributed by atoms with Gasteiger partial charge in [0.25, 0.3) is 11.8 Å². The van der Waals surface area contributed by atoms with Crippen molar-refractivity contribution < 1.29 is 14.3 Å². The Balaban J connectivity index is 1.22. The normalized spacial score (nSPS) is 13.2. The molecule has 1 fully saturated rings. The second kappa shape index (κ2) is 11.8. The van der Waals surface area contributed by atoms with Gasteiger partial charge in [0.05, 0.1) is 11.4 Å². The number of hydrogen-bond donors (Lipinski definition) is 1. The number of hydrogen-bond acceptors (Lipinski definition) is 4. The van der Waals surface area contributed by atoms with Crippen molar-refractivity contribution in [1.29, 1.82) is 0 Å². The Morgan fingerprint density at radius 2 is 1.47 bits per heavy atom. The first-order valence-corrected chi connectivity index (χ1v) is 12.9. The molecule has 0 aliphatic carbocycles. The Bertz CT molecular complexity index is 1400. The standard InChI is InChI=1S/C31H28ClN3O3/c32-26-15-13-24(14-16-26)31(37)35-19-17-34(18-20-35)29-12-5-4-11-28(29)33-30(36)25-9-6-10-27(21-25)38-22-23-7-2-1-3-8-23/h1-16,21H,17-20,22H2,(H,33,36). The van der Waals surface area contributed by atoms with Gasteiger partial charge in [-0.15, -0.1) is 0 Å². The molecule has 0 unspecified atom stereocenters. The first-order chi connectivity index (χ1) is 18.6. The lowest BCUT2D eigenvalue weighted by atomic mass is 10.1. The molecule has 0 radical (unpaired) electrons. The summed E-state index contributed by atoms with van der Waals surface area (Å²) in [7, 11) is 0. The molecule has 2 amide bonds. The minimum Gasteiger partial charge on any atom is -0.489 e. The van der Waals surface area contributed by atoms with Gasteiger partial charge in [0.15, 0.2) is 0 Å². The molecule has 0 aromatic heterocycles. The maximum absolute atomic E-state index is 13.2. The number of piperazine rings is 1. The first kappa shape index (κ1) is 25.4. The Kier molecular flexibility index (Phi) is 7.90. The molecule has 7 heteroatoms. The molecule has 4 aromatic rings. The smallest absolute Gasteiger partial charge is 0.255 e. The third-order valence-corrected chi connectivity index (χ3v) is 6.75. The van der Waals surface area contributed by atoms with Gasteiger partial charge in [0, 0.05) is 42.3 Å². The van der Waals surface area contributed by atoms with Crippen LogP contribution in [-0.4, -0.2) is 42.9 Å². The predicted octanol–water partition coefficient (Wildman–Crippen LogP) is 6.13. The van der Waals surface area contributed by atoms with Crippen LogP contribution in [0.5, 0.6) is 5.75 Å². The van der Waals surface area contributed by atoms with E-state index in [0.717, 1.165) is 16.9 Å². The van der Waals surface area contributed by atoms with Crippen LogP contribution in [0.3, 0.4) is 0 Å². The van der Waals surface area contributed by atoms with Crippen LogP contribution in [0.1, 0.15) is 26.3 Å². The highest BCUT2D eigenvalue weighted by Crippen LogP contribution is 2.28. The van der Waals surface area contributed by atoms with E-state index in [1.807, 2.05) is 71.6 Å². The summed E-state index contributed by atoms with van der Waals surface area (Å²) in [6.07, 6.45) is 0. The van der Waals surface area contributed by atoms with Gasteiger partial charge in [-0.05, 0) is 60.2 Å². The van der Waals surface area contributed by atoms with Crippen molar-refractivity contribution in [2.45, 2.75) is 6.61 Å². The van der Waals surface area contributed by atoms with Crippen molar-refractivity contribution >= 4 is 34.8 Å². The Hall–Kier alpha value is -4.29. The molecule has 0 spiro atoms. The van der Waals surface area contributed by atoms with Crippen molar-refractivity contribution in [3.63, 3.8) is 0 Å². The molecule has 1 aliphatic heterocycles. The fraction of sp³-hybridized carbons (Fsp3) is 0.161. The number of anilines is 2. The lowest BCUT2D eigenvalue weighted by molar-refractivity contribution is 0.0746. The Morgan fingerprint density at radius 1 is 0.763 bits per heavy atom. The van der Waals surface area contributed by atoms with Crippen molar-refractivity contribution in [3.8, 4) is 5.75 Å². The average molecular weight is 526 g/mol. The minimum absolute atomic E-state index is 0.00253. The van der Waals surface area contributed by atoms with E-state index in [4.69, 9.17) is 16.3 Å². The van der Waals surface area contributed by atoms with Crippen LogP contribution in [0.4, 0.5) is 11.4 Å². The molecule has 1 aliphatic rings. The average Bonchev–Trinajstić information content (AvgIpc) is 2.97. The lowest BCUT2D eigenvalue weighted by Gasteiger charge is -2.37. The summed E-state index contributed by atoms with van der Waals surface area (Å²) in [6, 6.07) is 31.8. The molecule has 0 bridgehead atoms. The predicted molar refractivity (Wildman–Crippen MR) is 151 cm³/mol. The summed E-state index contributed by atoms with van der Waals surface area (Å²) in [6.45, 7) is 2.93. The molecule has 4 aromatic carbocycles. The highest BCUT2D eigenvalue weighted by molar-refractivity contribution is 6.30. The molecule has 1 N–H and O–H groups in total. The maximum Gasteiger partial charge on any atom is 0.255 e. The summed E-state index contributed by atoms with van der Waals surface area (Å²) in [5.41, 5.74) is 3.86. The van der Waals surface area contributed by atoms with Crippen LogP contribution in [0.25, 0.3) is 0 Å². The van der Waals surface area contributed by atoms with Crippen molar-refractivity contribution in [2.24, 2.45) is 0 Å². The van der Waals surface area contributed by atoms with Gasteiger partial charge in [-0.2, -0.15) is 0 Å². The largest absolute Gasteiger partial charge is 0.489 e. The number of nitrogens with one attached hydrogen (secondary N) is 1. The fourth-order valence-electron chi connectivity index (χ4n) is 4.44. The van der Waals surface area contributed by atoms with E-state index in [2.05, 4.69) is 10.2 Å². The number of carbonyl (C=O) groups is 2. The number of carbonyl (C=O) groups excluding carboxylic acids is 2. The molecule has 1 saturated heterocycles. The number of rotatable bonds is 7. The van der Waals surface area contributed by atoms with E-state index in [1.165, 1.54) is 0 Å². The highest BCUT2D eigenvalue weighted by Gasteiger charge is 2.24. The summed E-state index contributed by atoms with van der Waals surface area (Å²) >= 11 is 5.96. The molecule has 0 saturated carbocycles. The van der Waals surface area contributed by atoms with E-state index in [0.29, 0.717) is 54.7 Å². The van der Waals surface area contributed by atoms with Crippen molar-refractivity contribution in [1.82, 2.24) is 4.90 Å². The number of halogens is 1. The lowest BCUT2D eigenvalue weighted by Crippen LogP contribution is -2.49. The van der Waals surface area contributed by atoms with E-state index >= 15 is 0 Å². The third kappa shape index (κ3) is 6.15. The number of nitrogens with zero attached hydrogens (tertiary/aromatic N) is 2. The van der Waals surface area contributed by atoms with Gasteiger partial charge in [-0.3, -0.25) is 9.59 Å². The third-order valence-electron chi connectivity index (χ3n) is 6.50. The Labute approximate surface area is 227 Å². The van der Waals surface area contributed by atoms with Gasteiger partial charge >= 0.3 is 0 Å². The minimum atomic E-state index is -0.209. The summed E-state index contributed by atoms with van der Waals surface area (Å²) in [4.78, 5) is 30.1. The van der Waals surface area contributed by atoms with E-state index in [9.17, 15) is 9.59 Å². The summed E-state index contributed by atoms with van der Waals surface area (Å²) in [5.74, 6) is 0.424. The summed E-state index contributed by atoms with van der Waals surface area (Å²) < 4.78 is 5.89. The quantitative estimate of drug-likeness (QED) is 0.315. The summed E-state index contributed by atoms with van der Waals surface area (Å²) in [5, 5.41) is 3.67. The maximum atomic E-state index is 13.2. The molecule has 1 heterocycles. The van der Waals surface area contributed by atoms with Crippen molar-refractivity contribution in [3.05, 3.63) is 125 Å². The highest BCUT2D eigenvalue weighted by atomic mass is 35.5. The van der Waals surface area contributed by atoms with Crippen LogP contribution in [0.15, 0.2) is 103 Å². The molecule has 192 valence electrons. The van der Waals surface area contributed by atoms with Crippen molar-refractivity contribution in [2.75, 3.05) is 36.4 Å².